The van der Waals surface area contributed by atoms with Crippen LogP contribution in [0.25, 0.3) is 103 Å². The second kappa shape index (κ2) is 15.6. The van der Waals surface area contributed by atoms with Crippen LogP contribution in [0.4, 0.5) is 0 Å². The minimum Gasteiger partial charge on any atom is -0.455 e. The molecular formula is C58H42N2OS. The molecule has 11 aromatic rings. The Kier molecular flexibility index (Phi) is 9.44. The lowest BCUT2D eigenvalue weighted by Crippen LogP contribution is -2.03. The quantitative estimate of drug-likeness (QED) is 0.108. The van der Waals surface area contributed by atoms with Crippen LogP contribution in [0, 0.1) is 6.92 Å². The van der Waals surface area contributed by atoms with Crippen LogP contribution in [-0.4, -0.2) is 9.97 Å². The fourth-order valence-corrected chi connectivity index (χ4v) is 10.6. The van der Waals surface area contributed by atoms with E-state index in [-0.39, 0.29) is 0 Å². The van der Waals surface area contributed by atoms with Gasteiger partial charge in [0.2, 0.25) is 0 Å². The van der Waals surface area contributed by atoms with Crippen molar-refractivity contribution in [2.45, 2.75) is 26.7 Å². The van der Waals surface area contributed by atoms with Gasteiger partial charge >= 0.3 is 0 Å². The maximum atomic E-state index is 6.65. The Morgan fingerprint density at radius 1 is 0.645 bits per heavy atom. The van der Waals surface area contributed by atoms with Gasteiger partial charge in [-0.1, -0.05) is 158 Å². The highest BCUT2D eigenvalue weighted by molar-refractivity contribution is 7.26. The SMILES string of the molecule is C=C/C=C(\C=C/C)c1cccc2c1oc1ccc(-c3cc(-c4ccccc4C)c(CCc4nc(-c5ccccc5)c5ccc6ccccc6c5n4)c4c3sc3ccccc34)cc12. The van der Waals surface area contributed by atoms with Crippen LogP contribution in [0.3, 0.4) is 0 Å². The van der Waals surface area contributed by atoms with Gasteiger partial charge in [0.05, 0.1) is 11.2 Å². The molecule has 0 atom stereocenters. The molecule has 3 nitrogen and oxygen atoms in total. The standard InChI is InChI=1S/C58H42N2OS/c1-4-16-37(17-5-2)43-25-15-26-45-50-34-40(29-32-51(50)61-57(43)45)48-35-49(41-22-11-9-18-36(41)3)44(54-46-24-13-14-27-52(46)62-58(48)54)31-33-53-59-55(39-20-7-6-8-21-39)47-30-28-38-19-10-12-23-42(38)56(47)60-53/h4-30,32,34-35H,1,31,33H2,2-3H3/b17-5-,37-16+. The third kappa shape index (κ3) is 6.34. The van der Waals surface area contributed by atoms with E-state index in [0.29, 0.717) is 6.42 Å². The van der Waals surface area contributed by atoms with Gasteiger partial charge in [0.15, 0.2) is 0 Å². The summed E-state index contributed by atoms with van der Waals surface area (Å²) in [7, 11) is 0. The highest BCUT2D eigenvalue weighted by atomic mass is 32.1. The summed E-state index contributed by atoms with van der Waals surface area (Å²) >= 11 is 1.88. The summed E-state index contributed by atoms with van der Waals surface area (Å²) in [6.45, 7) is 8.23. The van der Waals surface area contributed by atoms with E-state index in [4.69, 9.17) is 14.4 Å². The van der Waals surface area contributed by atoms with Crippen LogP contribution in [0.1, 0.15) is 29.4 Å². The number of hydrogen-bond acceptors (Lipinski definition) is 4. The maximum Gasteiger partial charge on any atom is 0.143 e. The van der Waals surface area contributed by atoms with Crippen molar-refractivity contribution < 1.29 is 4.42 Å². The zero-order valence-corrected chi connectivity index (χ0v) is 35.5. The molecule has 0 saturated heterocycles. The number of rotatable bonds is 9. The second-order valence-electron chi connectivity index (χ2n) is 16.0. The van der Waals surface area contributed by atoms with Gasteiger partial charge in [0.25, 0.3) is 0 Å². The molecule has 0 aliphatic heterocycles. The van der Waals surface area contributed by atoms with E-state index in [2.05, 4.69) is 183 Å². The van der Waals surface area contributed by atoms with Gasteiger partial charge in [-0.3, -0.25) is 0 Å². The molecule has 0 spiro atoms. The van der Waals surface area contributed by atoms with Crippen LogP contribution in [-0.2, 0) is 12.8 Å². The first-order valence-electron chi connectivity index (χ1n) is 21.3. The lowest BCUT2D eigenvalue weighted by atomic mass is 9.87. The molecular weight excluding hydrogens is 773 g/mol. The van der Waals surface area contributed by atoms with Gasteiger partial charge in [0.1, 0.15) is 17.0 Å². The summed E-state index contributed by atoms with van der Waals surface area (Å²) in [6, 6.07) is 56.7. The Morgan fingerprint density at radius 2 is 1.44 bits per heavy atom. The molecule has 0 saturated carbocycles. The Hall–Kier alpha value is -7.40. The fraction of sp³-hybridized carbons (Fsp3) is 0.0690. The number of hydrogen-bond donors (Lipinski definition) is 0. The lowest BCUT2D eigenvalue weighted by molar-refractivity contribution is 0.668. The van der Waals surface area contributed by atoms with Crippen LogP contribution < -0.4 is 0 Å². The average Bonchev–Trinajstić information content (AvgIpc) is 3.90. The zero-order chi connectivity index (χ0) is 41.7. The molecule has 0 bridgehead atoms. The molecule has 0 fully saturated rings. The van der Waals surface area contributed by atoms with Crippen LogP contribution in [0.5, 0.6) is 0 Å². The van der Waals surface area contributed by atoms with Gasteiger partial charge < -0.3 is 4.42 Å². The molecule has 296 valence electrons. The average molecular weight is 815 g/mol. The molecule has 0 N–H and O–H groups in total. The van der Waals surface area contributed by atoms with Crippen molar-refractivity contribution >= 4 is 80.7 Å². The Morgan fingerprint density at radius 3 is 2.29 bits per heavy atom. The smallest absolute Gasteiger partial charge is 0.143 e. The highest BCUT2D eigenvalue weighted by Gasteiger charge is 2.22. The van der Waals surface area contributed by atoms with Crippen molar-refractivity contribution in [3.8, 4) is 33.5 Å². The summed E-state index contributed by atoms with van der Waals surface area (Å²) in [6.07, 6.45) is 9.49. The number of thiophene rings is 1. The van der Waals surface area contributed by atoms with Crippen molar-refractivity contribution in [2.75, 3.05) is 0 Å². The van der Waals surface area contributed by atoms with Gasteiger partial charge in [-0.25, -0.2) is 9.97 Å². The van der Waals surface area contributed by atoms with Crippen molar-refractivity contribution in [2.24, 2.45) is 0 Å². The number of aryl methyl sites for hydroxylation is 3. The number of benzene rings is 8. The van der Waals surface area contributed by atoms with Crippen molar-refractivity contribution in [3.63, 3.8) is 0 Å². The Labute approximate surface area is 364 Å². The predicted octanol–water partition coefficient (Wildman–Crippen LogP) is 16.3. The van der Waals surface area contributed by atoms with Crippen LogP contribution in [0.15, 0.2) is 193 Å². The van der Waals surface area contributed by atoms with E-state index in [1.807, 2.05) is 30.4 Å². The molecule has 3 heterocycles. The number of furan rings is 1. The Bertz CT molecular complexity index is 3620. The predicted molar refractivity (Wildman–Crippen MR) is 265 cm³/mol. The van der Waals surface area contributed by atoms with Gasteiger partial charge in [0, 0.05) is 64.8 Å². The lowest BCUT2D eigenvalue weighted by Gasteiger charge is -2.18. The summed E-state index contributed by atoms with van der Waals surface area (Å²) in [4.78, 5) is 10.7. The van der Waals surface area contributed by atoms with Gasteiger partial charge in [-0.15, -0.1) is 11.3 Å². The van der Waals surface area contributed by atoms with Gasteiger partial charge in [-0.2, -0.15) is 0 Å². The first-order valence-corrected chi connectivity index (χ1v) is 22.1. The minimum atomic E-state index is 0.682. The fourth-order valence-electron chi connectivity index (χ4n) is 9.37. The van der Waals surface area contributed by atoms with E-state index < -0.39 is 0 Å². The Balaban J connectivity index is 1.13. The van der Waals surface area contributed by atoms with E-state index in [1.54, 1.807) is 0 Å². The third-order valence-electron chi connectivity index (χ3n) is 12.2. The monoisotopic (exact) mass is 814 g/mol. The van der Waals surface area contributed by atoms with Crippen LogP contribution in [0.2, 0.25) is 0 Å². The van der Waals surface area contributed by atoms with E-state index in [1.165, 1.54) is 53.4 Å². The van der Waals surface area contributed by atoms with Gasteiger partial charge in [-0.05, 0) is 89.4 Å². The molecule has 0 aliphatic rings. The highest BCUT2D eigenvalue weighted by Crippen LogP contribution is 2.47. The summed E-state index contributed by atoms with van der Waals surface area (Å²) in [5.41, 5.74) is 14.4. The summed E-state index contributed by atoms with van der Waals surface area (Å²) in [5, 5.41) is 8.17. The molecule has 8 aromatic carbocycles. The first kappa shape index (κ1) is 37.6. The van der Waals surface area contributed by atoms with E-state index >= 15 is 0 Å². The maximum absolute atomic E-state index is 6.65. The minimum absolute atomic E-state index is 0.682. The molecule has 0 aliphatic carbocycles. The molecule has 11 rings (SSSR count). The van der Waals surface area contributed by atoms with Crippen LogP contribution >= 0.6 is 11.3 Å². The third-order valence-corrected chi connectivity index (χ3v) is 13.4. The number of nitrogens with zero attached hydrogens (tertiary/aromatic N) is 2. The normalized spacial score (nSPS) is 12.3. The molecule has 4 heteroatoms. The second-order valence-corrected chi connectivity index (χ2v) is 17.0. The molecule has 0 unspecified atom stereocenters. The van der Waals surface area contributed by atoms with Crippen molar-refractivity contribution in [3.05, 3.63) is 211 Å². The molecule has 3 aromatic heterocycles. The van der Waals surface area contributed by atoms with E-state index in [0.717, 1.165) is 78.4 Å². The number of aromatic nitrogens is 2. The van der Waals surface area contributed by atoms with E-state index in [9.17, 15) is 0 Å². The van der Waals surface area contributed by atoms with Crippen molar-refractivity contribution in [1.82, 2.24) is 9.97 Å². The topological polar surface area (TPSA) is 38.9 Å². The first-order chi connectivity index (χ1) is 30.6. The van der Waals surface area contributed by atoms with Crippen molar-refractivity contribution in [1.29, 1.82) is 0 Å². The summed E-state index contributed by atoms with van der Waals surface area (Å²) < 4.78 is 9.21. The largest absolute Gasteiger partial charge is 0.455 e. The number of allylic oxidation sites excluding steroid dienone is 5. The number of para-hydroxylation sites is 1. The molecule has 0 amide bonds. The molecule has 62 heavy (non-hydrogen) atoms. The zero-order valence-electron chi connectivity index (χ0n) is 34.7. The number of fused-ring (bicyclic) bond motifs is 9. The summed E-state index contributed by atoms with van der Waals surface area (Å²) in [5.74, 6) is 0.845. The molecule has 0 radical (unpaired) electrons.